The van der Waals surface area contributed by atoms with E-state index in [-0.39, 0.29) is 11.7 Å². The maximum atomic E-state index is 12.9. The van der Waals surface area contributed by atoms with Gasteiger partial charge in [0.25, 0.3) is 0 Å². The number of thioether (sulfide) groups is 1. The Morgan fingerprint density at radius 1 is 1.03 bits per heavy atom. The Kier molecular flexibility index (Phi) is 5.81. The number of carbonyl (C=O) groups is 1. The average Bonchev–Trinajstić information content (AvgIpc) is 3.49. The molecule has 0 aliphatic heterocycles. The molecule has 3 aromatic heterocycles. The Morgan fingerprint density at radius 2 is 1.69 bits per heavy atom. The third-order valence-corrected chi connectivity index (χ3v) is 5.29. The summed E-state index contributed by atoms with van der Waals surface area (Å²) >= 11 is 1.35. The molecule has 0 saturated carbocycles. The van der Waals surface area contributed by atoms with Crippen molar-refractivity contribution in [3.05, 3.63) is 84.5 Å². The van der Waals surface area contributed by atoms with E-state index in [2.05, 4.69) is 10.2 Å². The van der Waals surface area contributed by atoms with Crippen molar-refractivity contribution in [2.45, 2.75) is 25.2 Å². The fourth-order valence-corrected chi connectivity index (χ4v) is 3.67. The van der Waals surface area contributed by atoms with Crippen molar-refractivity contribution in [2.24, 2.45) is 0 Å². The van der Waals surface area contributed by atoms with Crippen LogP contribution in [0.1, 0.15) is 17.1 Å². The van der Waals surface area contributed by atoms with E-state index < -0.39 is 0 Å². The van der Waals surface area contributed by atoms with Gasteiger partial charge in [-0.05, 0) is 43.3 Å². The Balaban J connectivity index is 1.45. The Morgan fingerprint density at radius 3 is 2.28 bits per heavy atom. The van der Waals surface area contributed by atoms with Crippen LogP contribution in [0.2, 0.25) is 0 Å². The fraction of sp³-hybridized carbons (Fsp3) is 0.190. The number of benzene rings is 1. The van der Waals surface area contributed by atoms with Crippen LogP contribution in [0.25, 0.3) is 5.69 Å². The summed E-state index contributed by atoms with van der Waals surface area (Å²) in [5.74, 6) is 1.63. The van der Waals surface area contributed by atoms with Crippen LogP contribution in [0.5, 0.6) is 0 Å². The van der Waals surface area contributed by atoms with Gasteiger partial charge in [-0.25, -0.2) is 0 Å². The Labute approximate surface area is 172 Å². The zero-order valence-electron chi connectivity index (χ0n) is 15.9. The first-order chi connectivity index (χ1) is 14.2. The number of rotatable bonds is 8. The average molecular weight is 408 g/mol. The fourth-order valence-electron chi connectivity index (χ4n) is 2.84. The van der Waals surface area contributed by atoms with Gasteiger partial charge in [0.1, 0.15) is 17.8 Å². The molecule has 0 spiro atoms. The molecule has 0 N–H and O–H groups in total. The second kappa shape index (κ2) is 8.83. The van der Waals surface area contributed by atoms with E-state index in [4.69, 9.17) is 8.83 Å². The first kappa shape index (κ1) is 19.1. The van der Waals surface area contributed by atoms with E-state index in [1.54, 1.807) is 23.8 Å². The van der Waals surface area contributed by atoms with E-state index in [9.17, 15) is 4.79 Å². The van der Waals surface area contributed by atoms with Gasteiger partial charge in [0, 0.05) is 5.69 Å². The van der Waals surface area contributed by atoms with E-state index >= 15 is 0 Å². The number of carbonyl (C=O) groups excluding carboxylic acids is 1. The second-order valence-electron chi connectivity index (χ2n) is 6.52. The number of hydrogen-bond acceptors (Lipinski definition) is 6. The van der Waals surface area contributed by atoms with Crippen LogP contribution in [0, 0.1) is 6.92 Å². The molecular weight excluding hydrogens is 388 g/mol. The van der Waals surface area contributed by atoms with Crippen LogP contribution in [-0.4, -0.2) is 31.3 Å². The first-order valence-corrected chi connectivity index (χ1v) is 10.1. The molecule has 4 rings (SSSR count). The van der Waals surface area contributed by atoms with Crippen molar-refractivity contribution < 1.29 is 13.6 Å². The monoisotopic (exact) mass is 408 g/mol. The highest BCUT2D eigenvalue weighted by molar-refractivity contribution is 7.99. The predicted octanol–water partition coefficient (Wildman–Crippen LogP) is 4.08. The molecule has 0 aliphatic carbocycles. The minimum atomic E-state index is -0.0405. The molecule has 148 valence electrons. The largest absolute Gasteiger partial charge is 0.467 e. The number of aromatic nitrogens is 3. The topological polar surface area (TPSA) is 77.3 Å². The van der Waals surface area contributed by atoms with Crippen molar-refractivity contribution >= 4 is 17.7 Å². The van der Waals surface area contributed by atoms with Gasteiger partial charge in [-0.15, -0.1) is 10.2 Å². The lowest BCUT2D eigenvalue weighted by Gasteiger charge is -2.20. The van der Waals surface area contributed by atoms with Gasteiger partial charge in [-0.2, -0.15) is 0 Å². The molecule has 0 radical (unpaired) electrons. The lowest BCUT2D eigenvalue weighted by atomic mass is 10.2. The minimum absolute atomic E-state index is 0.0405. The maximum Gasteiger partial charge on any atom is 0.233 e. The lowest BCUT2D eigenvalue weighted by Crippen LogP contribution is -2.31. The molecule has 7 nitrogen and oxygen atoms in total. The molecule has 0 fully saturated rings. The van der Waals surface area contributed by atoms with Gasteiger partial charge in [0.15, 0.2) is 5.16 Å². The number of nitrogens with zero attached hydrogens (tertiary/aromatic N) is 4. The highest BCUT2D eigenvalue weighted by Gasteiger charge is 2.19. The van der Waals surface area contributed by atoms with Crippen LogP contribution in [0.4, 0.5) is 0 Å². The van der Waals surface area contributed by atoms with Crippen LogP contribution in [0.3, 0.4) is 0 Å². The van der Waals surface area contributed by atoms with Gasteiger partial charge >= 0.3 is 0 Å². The van der Waals surface area contributed by atoms with Crippen molar-refractivity contribution in [1.29, 1.82) is 0 Å². The number of aryl methyl sites for hydroxylation is 1. The molecule has 3 heterocycles. The Hall–Kier alpha value is -3.26. The molecule has 0 bridgehead atoms. The minimum Gasteiger partial charge on any atom is -0.467 e. The Bertz CT molecular complexity index is 1000. The molecule has 8 heteroatoms. The highest BCUT2D eigenvalue weighted by Crippen LogP contribution is 2.21. The summed E-state index contributed by atoms with van der Waals surface area (Å²) < 4.78 is 12.7. The van der Waals surface area contributed by atoms with Gasteiger partial charge in [-0.1, -0.05) is 29.5 Å². The smallest absolute Gasteiger partial charge is 0.233 e. The van der Waals surface area contributed by atoms with E-state index in [0.29, 0.717) is 18.2 Å². The molecular formula is C21H20N4O3S. The summed E-state index contributed by atoms with van der Waals surface area (Å²) in [6.45, 7) is 2.78. The molecule has 1 aromatic carbocycles. The number of hydrogen-bond donors (Lipinski definition) is 0. The number of furan rings is 2. The third kappa shape index (κ3) is 4.78. The van der Waals surface area contributed by atoms with Crippen molar-refractivity contribution in [2.75, 3.05) is 5.75 Å². The zero-order chi connectivity index (χ0) is 20.1. The number of amides is 1. The quantitative estimate of drug-likeness (QED) is 0.409. The van der Waals surface area contributed by atoms with E-state index in [1.165, 1.54) is 17.3 Å². The molecule has 0 unspecified atom stereocenters. The predicted molar refractivity (Wildman–Crippen MR) is 108 cm³/mol. The molecule has 0 aliphatic rings. The zero-order valence-corrected chi connectivity index (χ0v) is 16.7. The molecule has 0 atom stereocenters. The van der Waals surface area contributed by atoms with Crippen molar-refractivity contribution in [3.63, 3.8) is 0 Å². The van der Waals surface area contributed by atoms with Gasteiger partial charge in [0.2, 0.25) is 5.91 Å². The van der Waals surface area contributed by atoms with Crippen molar-refractivity contribution in [1.82, 2.24) is 19.7 Å². The first-order valence-electron chi connectivity index (χ1n) is 9.11. The van der Waals surface area contributed by atoms with Crippen LogP contribution in [-0.2, 0) is 17.9 Å². The van der Waals surface area contributed by atoms with Gasteiger partial charge < -0.3 is 13.7 Å². The van der Waals surface area contributed by atoms with E-state index in [0.717, 1.165) is 17.2 Å². The summed E-state index contributed by atoms with van der Waals surface area (Å²) in [5, 5.41) is 8.83. The molecule has 1 amide bonds. The van der Waals surface area contributed by atoms with Crippen LogP contribution < -0.4 is 0 Å². The summed E-state index contributed by atoms with van der Waals surface area (Å²) in [7, 11) is 0. The van der Waals surface area contributed by atoms with E-state index in [1.807, 2.05) is 60.0 Å². The van der Waals surface area contributed by atoms with Crippen molar-refractivity contribution in [3.8, 4) is 5.69 Å². The third-order valence-electron chi connectivity index (χ3n) is 4.36. The normalized spacial score (nSPS) is 10.9. The highest BCUT2D eigenvalue weighted by atomic mass is 32.2. The SMILES string of the molecule is Cc1ccc(-n2cnnc2SCC(=O)N(Cc2ccco2)Cc2ccco2)cc1. The summed E-state index contributed by atoms with van der Waals surface area (Å²) in [6, 6.07) is 15.4. The van der Waals surface area contributed by atoms with Crippen LogP contribution >= 0.6 is 11.8 Å². The summed E-state index contributed by atoms with van der Waals surface area (Å²) in [4.78, 5) is 14.7. The van der Waals surface area contributed by atoms with Gasteiger partial charge in [-0.3, -0.25) is 9.36 Å². The molecule has 4 aromatic rings. The standard InChI is InChI=1S/C21H20N4O3S/c1-16-6-8-17(9-7-16)25-15-22-23-21(25)29-14-20(26)24(12-18-4-2-10-27-18)13-19-5-3-11-28-19/h2-11,15H,12-14H2,1H3. The van der Waals surface area contributed by atoms with Gasteiger partial charge in [0.05, 0.1) is 31.4 Å². The van der Waals surface area contributed by atoms with Crippen LogP contribution in [0.15, 0.2) is 81.4 Å². The summed E-state index contributed by atoms with van der Waals surface area (Å²) in [6.07, 6.45) is 4.86. The second-order valence-corrected chi connectivity index (χ2v) is 7.46. The summed E-state index contributed by atoms with van der Waals surface area (Å²) in [5.41, 5.74) is 2.14. The molecule has 29 heavy (non-hydrogen) atoms. The lowest BCUT2D eigenvalue weighted by molar-refractivity contribution is -0.130. The maximum absolute atomic E-state index is 12.9. The molecule has 0 saturated heterocycles.